The van der Waals surface area contributed by atoms with Crippen molar-refractivity contribution in [1.82, 2.24) is 20.0 Å². The lowest BCUT2D eigenvalue weighted by Crippen LogP contribution is -2.60. The molecule has 3 N–H and O–H groups in total. The first-order chi connectivity index (χ1) is 16.4. The molecule has 0 radical (unpaired) electrons. The number of aliphatic hydroxyl groups is 2. The van der Waals surface area contributed by atoms with Gasteiger partial charge in [-0.3, -0.25) is 14.4 Å². The van der Waals surface area contributed by atoms with Gasteiger partial charge in [-0.2, -0.15) is 0 Å². The van der Waals surface area contributed by atoms with Crippen molar-refractivity contribution in [2.75, 3.05) is 20.6 Å². The monoisotopic (exact) mass is 506 g/mol. The molecule has 2 heterocycles. The Morgan fingerprint density at radius 3 is 2.66 bits per heavy atom. The molecule has 1 spiro atoms. The lowest BCUT2D eigenvalue weighted by molar-refractivity contribution is -0.139. The highest BCUT2D eigenvalue weighted by atomic mass is 35.5. The van der Waals surface area contributed by atoms with Gasteiger partial charge in [-0.15, -0.1) is 0 Å². The van der Waals surface area contributed by atoms with E-state index in [1.807, 2.05) is 13.8 Å². The Morgan fingerprint density at radius 1 is 1.34 bits per heavy atom. The van der Waals surface area contributed by atoms with Crippen LogP contribution in [0, 0.1) is 11.7 Å². The van der Waals surface area contributed by atoms with E-state index in [1.54, 1.807) is 25.1 Å². The molecule has 35 heavy (non-hydrogen) atoms. The SMILES string of the molecule is CC(C)N1CC2(CC2C(=O)N(C)C)N2C=C(C(=O)NCc3cccc(Cl)c3F)C(O)C(O)=C2C1=O. The van der Waals surface area contributed by atoms with Crippen molar-refractivity contribution in [3.8, 4) is 0 Å². The van der Waals surface area contributed by atoms with E-state index >= 15 is 0 Å². The Labute approximate surface area is 207 Å². The zero-order valence-corrected chi connectivity index (χ0v) is 20.6. The minimum Gasteiger partial charge on any atom is -0.507 e. The third-order valence-electron chi connectivity index (χ3n) is 6.83. The first kappa shape index (κ1) is 25.0. The molecular formula is C24H28ClFN4O5. The lowest BCUT2D eigenvalue weighted by Gasteiger charge is -2.47. The van der Waals surface area contributed by atoms with Crippen LogP contribution >= 0.6 is 11.6 Å². The molecule has 3 unspecified atom stereocenters. The summed E-state index contributed by atoms with van der Waals surface area (Å²) in [6, 6.07) is 4.18. The van der Waals surface area contributed by atoms with Crippen LogP contribution in [0.5, 0.6) is 0 Å². The summed E-state index contributed by atoms with van der Waals surface area (Å²) in [6.07, 6.45) is -0.0330. The summed E-state index contributed by atoms with van der Waals surface area (Å²) in [5, 5.41) is 24.0. The highest BCUT2D eigenvalue weighted by molar-refractivity contribution is 6.30. The molecule has 9 nitrogen and oxygen atoms in total. The zero-order chi connectivity index (χ0) is 25.8. The number of piperazine rings is 1. The third kappa shape index (κ3) is 4.04. The predicted molar refractivity (Wildman–Crippen MR) is 125 cm³/mol. The molecule has 188 valence electrons. The summed E-state index contributed by atoms with van der Waals surface area (Å²) in [5.74, 6) is -3.19. The number of carbonyl (C=O) groups excluding carboxylic acids is 3. The molecule has 11 heteroatoms. The molecule has 1 aliphatic carbocycles. The molecule has 3 amide bonds. The van der Waals surface area contributed by atoms with E-state index in [1.165, 1.54) is 28.1 Å². The van der Waals surface area contributed by atoms with Crippen LogP contribution in [0.25, 0.3) is 0 Å². The van der Waals surface area contributed by atoms with E-state index in [9.17, 15) is 29.0 Å². The molecular weight excluding hydrogens is 479 g/mol. The van der Waals surface area contributed by atoms with Crippen LogP contribution in [0.4, 0.5) is 4.39 Å². The zero-order valence-electron chi connectivity index (χ0n) is 19.9. The van der Waals surface area contributed by atoms with Crippen LogP contribution in [0.1, 0.15) is 25.8 Å². The van der Waals surface area contributed by atoms with Gasteiger partial charge in [-0.05, 0) is 26.3 Å². The van der Waals surface area contributed by atoms with Gasteiger partial charge in [0.05, 0.1) is 22.1 Å². The second kappa shape index (κ2) is 8.83. The summed E-state index contributed by atoms with van der Waals surface area (Å²) >= 11 is 5.79. The number of aliphatic hydroxyl groups excluding tert-OH is 2. The maximum atomic E-state index is 14.2. The highest BCUT2D eigenvalue weighted by Crippen LogP contribution is 2.55. The topological polar surface area (TPSA) is 113 Å². The van der Waals surface area contributed by atoms with Crippen LogP contribution in [-0.4, -0.2) is 81.0 Å². The van der Waals surface area contributed by atoms with E-state index in [2.05, 4.69) is 5.32 Å². The first-order valence-corrected chi connectivity index (χ1v) is 11.6. The van der Waals surface area contributed by atoms with E-state index in [4.69, 9.17) is 11.6 Å². The van der Waals surface area contributed by atoms with Crippen molar-refractivity contribution >= 4 is 29.3 Å². The molecule has 1 aromatic carbocycles. The Morgan fingerprint density at radius 2 is 2.03 bits per heavy atom. The maximum Gasteiger partial charge on any atom is 0.274 e. The van der Waals surface area contributed by atoms with Crippen molar-refractivity contribution in [3.05, 3.63) is 57.8 Å². The van der Waals surface area contributed by atoms with Gasteiger partial charge in [-0.25, -0.2) is 4.39 Å². The Hall–Kier alpha value is -3.11. The molecule has 0 aromatic heterocycles. The van der Waals surface area contributed by atoms with Gasteiger partial charge in [0.25, 0.3) is 11.8 Å². The smallest absolute Gasteiger partial charge is 0.274 e. The molecule has 2 fully saturated rings. The fourth-order valence-electron chi connectivity index (χ4n) is 4.74. The van der Waals surface area contributed by atoms with Crippen molar-refractivity contribution < 1.29 is 29.0 Å². The second-order valence-electron chi connectivity index (χ2n) is 9.61. The Kier molecular flexibility index (Phi) is 6.31. The maximum absolute atomic E-state index is 14.2. The molecule has 1 saturated carbocycles. The number of hydrogen-bond acceptors (Lipinski definition) is 6. The lowest BCUT2D eigenvalue weighted by atomic mass is 9.95. The molecule has 1 aromatic rings. The first-order valence-electron chi connectivity index (χ1n) is 11.3. The number of nitrogens with zero attached hydrogens (tertiary/aromatic N) is 3. The third-order valence-corrected chi connectivity index (χ3v) is 7.13. The fourth-order valence-corrected chi connectivity index (χ4v) is 4.94. The molecule has 3 aliphatic rings. The van der Waals surface area contributed by atoms with Gasteiger partial charge in [0, 0.05) is 45.0 Å². The van der Waals surface area contributed by atoms with Crippen LogP contribution in [0.2, 0.25) is 5.02 Å². The molecule has 2 aliphatic heterocycles. The highest BCUT2D eigenvalue weighted by Gasteiger charge is 2.67. The van der Waals surface area contributed by atoms with Gasteiger partial charge in [-0.1, -0.05) is 23.7 Å². The number of halogens is 2. The second-order valence-corrected chi connectivity index (χ2v) is 10.0. The number of benzene rings is 1. The fraction of sp³-hybridized carbons (Fsp3) is 0.458. The van der Waals surface area contributed by atoms with E-state index in [0.29, 0.717) is 6.42 Å². The molecule has 1 saturated heterocycles. The Balaban J connectivity index is 1.67. The average Bonchev–Trinajstić information content (AvgIpc) is 3.52. The van der Waals surface area contributed by atoms with Crippen molar-refractivity contribution in [1.29, 1.82) is 0 Å². The number of hydrogen-bond donors (Lipinski definition) is 3. The van der Waals surface area contributed by atoms with Crippen LogP contribution in [0.3, 0.4) is 0 Å². The minimum atomic E-state index is -1.76. The van der Waals surface area contributed by atoms with Gasteiger partial charge >= 0.3 is 0 Å². The van der Waals surface area contributed by atoms with E-state index in [-0.39, 0.29) is 46.9 Å². The predicted octanol–water partition coefficient (Wildman–Crippen LogP) is 1.52. The van der Waals surface area contributed by atoms with Crippen LogP contribution < -0.4 is 5.32 Å². The number of carbonyl (C=O) groups is 3. The summed E-state index contributed by atoms with van der Waals surface area (Å²) in [7, 11) is 3.28. The van der Waals surface area contributed by atoms with Crippen molar-refractivity contribution in [2.24, 2.45) is 5.92 Å². The van der Waals surface area contributed by atoms with Crippen LogP contribution in [0.15, 0.2) is 41.4 Å². The number of amides is 3. The van der Waals surface area contributed by atoms with Gasteiger partial charge in [0.1, 0.15) is 17.6 Å². The average molecular weight is 507 g/mol. The molecule has 0 bridgehead atoms. The van der Waals surface area contributed by atoms with Gasteiger partial charge in [0.15, 0.2) is 5.76 Å². The quantitative estimate of drug-likeness (QED) is 0.558. The molecule has 4 rings (SSSR count). The molecule has 3 atom stereocenters. The van der Waals surface area contributed by atoms with Crippen LogP contribution in [-0.2, 0) is 20.9 Å². The van der Waals surface area contributed by atoms with Gasteiger partial charge in [0.2, 0.25) is 5.91 Å². The summed E-state index contributed by atoms with van der Waals surface area (Å²) < 4.78 is 14.2. The summed E-state index contributed by atoms with van der Waals surface area (Å²) in [6.45, 7) is 3.67. The summed E-state index contributed by atoms with van der Waals surface area (Å²) in [4.78, 5) is 43.5. The number of rotatable bonds is 5. The van der Waals surface area contributed by atoms with Gasteiger partial charge < -0.3 is 30.2 Å². The largest absolute Gasteiger partial charge is 0.507 e. The van der Waals surface area contributed by atoms with E-state index in [0.717, 1.165) is 0 Å². The van der Waals surface area contributed by atoms with Crippen molar-refractivity contribution in [3.63, 3.8) is 0 Å². The number of fused-ring (bicyclic) bond motifs is 2. The standard InChI is InChI=1S/C24H28ClFN4O5/c1-12(2)29-11-24(8-15(24)22(34)28(3)4)30-10-14(19(31)20(32)18(30)23(29)35)21(33)27-9-13-6-5-7-16(25)17(13)26/h5-7,10,12,15,19,31-32H,8-9,11H2,1-4H3,(H,27,33). The normalized spacial score (nSPS) is 25.6. The minimum absolute atomic E-state index is 0.0901. The van der Waals surface area contributed by atoms with Crippen molar-refractivity contribution in [2.45, 2.75) is 44.5 Å². The summed E-state index contributed by atoms with van der Waals surface area (Å²) in [5.41, 5.74) is -1.08. The Bertz CT molecular complexity index is 1170. The van der Waals surface area contributed by atoms with E-state index < -0.39 is 41.0 Å². The number of nitrogens with one attached hydrogen (secondary N) is 1.